The molecule has 1 aromatic carbocycles. The Morgan fingerprint density at radius 1 is 1.09 bits per heavy atom. The lowest BCUT2D eigenvalue weighted by Crippen LogP contribution is -2.41. The van der Waals surface area contributed by atoms with Crippen molar-refractivity contribution in [2.24, 2.45) is 5.92 Å². The molecule has 2 aliphatic rings. The van der Waals surface area contributed by atoms with Gasteiger partial charge in [0.05, 0.1) is 7.11 Å². The standard InChI is InChI=1S/C26H29N5O2/c1-33-20-10-8-18(9-11-20)17-28-26(32)19-12-15-31(16-13-19)25-21-5-4-7-22(21)29-24(30-25)23-6-2-3-14-27-23/h2-3,6,8-11,14,19H,4-5,7,12-13,15-17H2,1H3,(H,28,32). The zero-order valence-electron chi connectivity index (χ0n) is 19.0. The van der Waals surface area contributed by atoms with E-state index in [1.807, 2.05) is 42.5 Å². The van der Waals surface area contributed by atoms with E-state index in [4.69, 9.17) is 14.7 Å². The number of carbonyl (C=O) groups excluding carboxylic acids is 1. The number of ether oxygens (including phenoxy) is 1. The van der Waals surface area contributed by atoms with Crippen molar-refractivity contribution in [2.45, 2.75) is 38.6 Å². The Morgan fingerprint density at radius 3 is 2.64 bits per heavy atom. The molecule has 3 heterocycles. The van der Waals surface area contributed by atoms with Crippen molar-refractivity contribution in [3.63, 3.8) is 0 Å². The van der Waals surface area contributed by atoms with Gasteiger partial charge in [0, 0.05) is 43.0 Å². The van der Waals surface area contributed by atoms with E-state index in [9.17, 15) is 4.79 Å². The highest BCUT2D eigenvalue weighted by molar-refractivity contribution is 5.79. The van der Waals surface area contributed by atoms with Gasteiger partial charge in [0.2, 0.25) is 5.91 Å². The fraction of sp³-hybridized carbons (Fsp3) is 0.385. The summed E-state index contributed by atoms with van der Waals surface area (Å²) in [4.78, 5) is 29.3. The molecule has 1 aliphatic heterocycles. The number of hydrogen-bond donors (Lipinski definition) is 1. The van der Waals surface area contributed by atoms with Crippen LogP contribution in [-0.2, 0) is 24.2 Å². The molecule has 0 atom stereocenters. The quantitative estimate of drug-likeness (QED) is 0.627. The molecule has 0 unspecified atom stereocenters. The zero-order valence-corrected chi connectivity index (χ0v) is 19.0. The third-order valence-corrected chi connectivity index (χ3v) is 6.60. The lowest BCUT2D eigenvalue weighted by Gasteiger charge is -2.33. The number of amides is 1. The third-order valence-electron chi connectivity index (χ3n) is 6.60. The van der Waals surface area contributed by atoms with E-state index >= 15 is 0 Å². The van der Waals surface area contributed by atoms with Crippen molar-refractivity contribution >= 4 is 11.7 Å². The predicted octanol–water partition coefficient (Wildman–Crippen LogP) is 3.57. The number of rotatable bonds is 6. The minimum Gasteiger partial charge on any atom is -0.497 e. The Balaban J connectivity index is 1.23. The first-order valence-electron chi connectivity index (χ1n) is 11.7. The molecule has 7 heteroatoms. The van der Waals surface area contributed by atoms with E-state index in [0.29, 0.717) is 12.4 Å². The second-order valence-corrected chi connectivity index (χ2v) is 8.69. The molecule has 0 bridgehead atoms. The number of nitrogens with one attached hydrogen (secondary N) is 1. The first-order valence-corrected chi connectivity index (χ1v) is 11.7. The van der Waals surface area contributed by atoms with Crippen LogP contribution in [0.5, 0.6) is 5.75 Å². The van der Waals surface area contributed by atoms with E-state index in [0.717, 1.165) is 73.7 Å². The van der Waals surface area contributed by atoms with E-state index in [1.54, 1.807) is 13.3 Å². The van der Waals surface area contributed by atoms with Crippen LogP contribution >= 0.6 is 0 Å². The Hall–Kier alpha value is -3.48. The number of aryl methyl sites for hydroxylation is 1. The van der Waals surface area contributed by atoms with Gasteiger partial charge < -0.3 is 15.0 Å². The number of pyridine rings is 1. The van der Waals surface area contributed by atoms with E-state index in [1.165, 1.54) is 5.56 Å². The number of piperidine rings is 1. The van der Waals surface area contributed by atoms with Crippen molar-refractivity contribution in [1.29, 1.82) is 0 Å². The molecule has 33 heavy (non-hydrogen) atoms. The smallest absolute Gasteiger partial charge is 0.223 e. The number of hydrogen-bond acceptors (Lipinski definition) is 6. The highest BCUT2D eigenvalue weighted by atomic mass is 16.5. The number of anilines is 1. The molecule has 7 nitrogen and oxygen atoms in total. The summed E-state index contributed by atoms with van der Waals surface area (Å²) in [6.45, 7) is 2.19. The fourth-order valence-corrected chi connectivity index (χ4v) is 4.71. The van der Waals surface area contributed by atoms with E-state index in [2.05, 4.69) is 15.2 Å². The molecule has 1 saturated heterocycles. The van der Waals surface area contributed by atoms with Gasteiger partial charge in [-0.25, -0.2) is 9.97 Å². The first-order chi connectivity index (χ1) is 16.2. The SMILES string of the molecule is COc1ccc(CNC(=O)C2CCN(c3nc(-c4ccccn4)nc4c3CCC4)CC2)cc1. The van der Waals surface area contributed by atoms with Crippen LogP contribution < -0.4 is 15.0 Å². The summed E-state index contributed by atoms with van der Waals surface area (Å²) in [6.07, 6.45) is 6.57. The fourth-order valence-electron chi connectivity index (χ4n) is 4.71. The van der Waals surface area contributed by atoms with Crippen molar-refractivity contribution in [3.8, 4) is 17.3 Å². The number of carbonyl (C=O) groups is 1. The number of benzene rings is 1. The van der Waals surface area contributed by atoms with Gasteiger partial charge >= 0.3 is 0 Å². The van der Waals surface area contributed by atoms with Gasteiger partial charge in [-0.2, -0.15) is 0 Å². The van der Waals surface area contributed by atoms with Crippen molar-refractivity contribution in [3.05, 3.63) is 65.5 Å². The summed E-state index contributed by atoms with van der Waals surface area (Å²) < 4.78 is 5.19. The molecule has 3 aromatic rings. The van der Waals surface area contributed by atoms with Crippen LogP contribution in [-0.4, -0.2) is 41.1 Å². The second kappa shape index (κ2) is 9.57. The Bertz CT molecular complexity index is 1110. The Kier molecular flexibility index (Phi) is 6.19. The number of fused-ring (bicyclic) bond motifs is 1. The van der Waals surface area contributed by atoms with Gasteiger partial charge in [0.15, 0.2) is 5.82 Å². The third kappa shape index (κ3) is 4.67. The largest absolute Gasteiger partial charge is 0.497 e. The number of methoxy groups -OCH3 is 1. The van der Waals surface area contributed by atoms with Crippen LogP contribution in [0.1, 0.15) is 36.1 Å². The van der Waals surface area contributed by atoms with E-state index < -0.39 is 0 Å². The van der Waals surface area contributed by atoms with Crippen LogP contribution in [0.3, 0.4) is 0 Å². The number of aromatic nitrogens is 3. The monoisotopic (exact) mass is 443 g/mol. The van der Waals surface area contributed by atoms with Gasteiger partial charge in [-0.1, -0.05) is 18.2 Å². The molecular weight excluding hydrogens is 414 g/mol. The maximum Gasteiger partial charge on any atom is 0.223 e. The van der Waals surface area contributed by atoms with Gasteiger partial charge in [-0.3, -0.25) is 9.78 Å². The molecule has 5 rings (SSSR count). The summed E-state index contributed by atoms with van der Waals surface area (Å²) >= 11 is 0. The van der Waals surface area contributed by atoms with Gasteiger partial charge in [0.25, 0.3) is 0 Å². The van der Waals surface area contributed by atoms with Crippen molar-refractivity contribution < 1.29 is 9.53 Å². The molecule has 0 saturated carbocycles. The van der Waals surface area contributed by atoms with Gasteiger partial charge in [-0.05, 0) is 61.9 Å². The topological polar surface area (TPSA) is 80.2 Å². The highest BCUT2D eigenvalue weighted by Crippen LogP contribution is 2.33. The zero-order chi connectivity index (χ0) is 22.6. The van der Waals surface area contributed by atoms with Crippen LogP contribution in [0, 0.1) is 5.92 Å². The average molecular weight is 444 g/mol. The van der Waals surface area contributed by atoms with Crippen LogP contribution in [0.25, 0.3) is 11.5 Å². The first kappa shape index (κ1) is 21.4. The summed E-state index contributed by atoms with van der Waals surface area (Å²) in [6, 6.07) is 13.6. The molecule has 0 spiro atoms. The molecule has 170 valence electrons. The molecule has 1 N–H and O–H groups in total. The minimum atomic E-state index is 0.0321. The highest BCUT2D eigenvalue weighted by Gasteiger charge is 2.29. The molecule has 2 aromatic heterocycles. The molecule has 1 amide bonds. The van der Waals surface area contributed by atoms with Crippen LogP contribution in [0.2, 0.25) is 0 Å². The number of nitrogens with zero attached hydrogens (tertiary/aromatic N) is 4. The average Bonchev–Trinajstić information content (AvgIpc) is 3.36. The van der Waals surface area contributed by atoms with Crippen molar-refractivity contribution in [2.75, 3.05) is 25.1 Å². The Labute approximate surface area is 194 Å². The normalized spacial score (nSPS) is 15.8. The second-order valence-electron chi connectivity index (χ2n) is 8.69. The minimum absolute atomic E-state index is 0.0321. The van der Waals surface area contributed by atoms with Gasteiger partial charge in [-0.15, -0.1) is 0 Å². The lowest BCUT2D eigenvalue weighted by molar-refractivity contribution is -0.125. The Morgan fingerprint density at radius 2 is 1.91 bits per heavy atom. The molecular formula is C26H29N5O2. The summed E-state index contributed by atoms with van der Waals surface area (Å²) in [5, 5.41) is 3.10. The summed E-state index contributed by atoms with van der Waals surface area (Å²) in [5.41, 5.74) is 4.30. The van der Waals surface area contributed by atoms with Gasteiger partial charge in [0.1, 0.15) is 17.3 Å². The predicted molar refractivity (Wildman–Crippen MR) is 127 cm³/mol. The summed E-state index contributed by atoms with van der Waals surface area (Å²) in [7, 11) is 1.65. The molecule has 0 radical (unpaired) electrons. The van der Waals surface area contributed by atoms with E-state index in [-0.39, 0.29) is 11.8 Å². The maximum absolute atomic E-state index is 12.8. The summed E-state index contributed by atoms with van der Waals surface area (Å²) in [5.74, 6) is 2.72. The molecule has 1 aliphatic carbocycles. The van der Waals surface area contributed by atoms with Crippen molar-refractivity contribution in [1.82, 2.24) is 20.3 Å². The maximum atomic E-state index is 12.8. The van der Waals surface area contributed by atoms with Crippen LogP contribution in [0.15, 0.2) is 48.7 Å². The van der Waals surface area contributed by atoms with Crippen LogP contribution in [0.4, 0.5) is 5.82 Å². The molecule has 1 fully saturated rings. The lowest BCUT2D eigenvalue weighted by atomic mass is 9.95.